The molecule has 0 bridgehead atoms. The van der Waals surface area contributed by atoms with Gasteiger partial charge in [0.15, 0.2) is 0 Å². The molecule has 104 valence electrons. The molecule has 0 saturated heterocycles. The second kappa shape index (κ2) is 8.27. The molecule has 18 heavy (non-hydrogen) atoms. The van der Waals surface area contributed by atoms with Crippen LogP contribution >= 0.6 is 11.8 Å². The molecule has 0 radical (unpaired) electrons. The summed E-state index contributed by atoms with van der Waals surface area (Å²) in [5.41, 5.74) is 1.71. The molecule has 2 heteroatoms. The van der Waals surface area contributed by atoms with Gasteiger partial charge in [-0.2, -0.15) is 11.8 Å². The number of thioether (sulfide) groups is 1. The first-order valence-corrected chi connectivity index (χ1v) is 8.99. The Hall–Kier alpha value is 0.0500. The molecule has 0 heterocycles. The van der Waals surface area contributed by atoms with Crippen molar-refractivity contribution in [2.75, 3.05) is 12.3 Å². The van der Waals surface area contributed by atoms with Crippen LogP contribution in [0.1, 0.15) is 64.7 Å². The Morgan fingerprint density at radius 2 is 2.11 bits per heavy atom. The molecular formula is C16H29NS. The molecule has 2 aliphatic carbocycles. The number of rotatable bonds is 7. The quantitative estimate of drug-likeness (QED) is 0.680. The summed E-state index contributed by atoms with van der Waals surface area (Å²) in [7, 11) is 0. The van der Waals surface area contributed by atoms with Crippen molar-refractivity contribution in [3.05, 3.63) is 11.6 Å². The Morgan fingerprint density at radius 1 is 1.28 bits per heavy atom. The first kappa shape index (κ1) is 14.5. The van der Waals surface area contributed by atoms with Crippen molar-refractivity contribution in [1.82, 2.24) is 5.32 Å². The fourth-order valence-corrected chi connectivity index (χ4v) is 4.55. The average Bonchev–Trinajstić information content (AvgIpc) is 2.93. The third kappa shape index (κ3) is 4.62. The summed E-state index contributed by atoms with van der Waals surface area (Å²) < 4.78 is 0. The number of nitrogens with one attached hydrogen (secondary N) is 1. The summed E-state index contributed by atoms with van der Waals surface area (Å²) in [5.74, 6) is 1.30. The van der Waals surface area contributed by atoms with Crippen LogP contribution in [0.4, 0.5) is 0 Å². The summed E-state index contributed by atoms with van der Waals surface area (Å²) in [5, 5.41) is 4.73. The minimum Gasteiger partial charge on any atom is -0.310 e. The second-order valence-electron chi connectivity index (χ2n) is 5.77. The molecule has 0 aliphatic heterocycles. The molecule has 1 saturated carbocycles. The van der Waals surface area contributed by atoms with Crippen LogP contribution in [0.2, 0.25) is 0 Å². The topological polar surface area (TPSA) is 12.0 Å². The summed E-state index contributed by atoms with van der Waals surface area (Å²) in [6, 6.07) is 0.663. The van der Waals surface area contributed by atoms with Gasteiger partial charge in [0.25, 0.3) is 0 Å². The molecule has 2 rings (SSSR count). The lowest BCUT2D eigenvalue weighted by atomic mass is 9.94. The van der Waals surface area contributed by atoms with Gasteiger partial charge >= 0.3 is 0 Å². The minimum absolute atomic E-state index is 0.663. The molecule has 1 nitrogen and oxygen atoms in total. The van der Waals surface area contributed by atoms with Crippen molar-refractivity contribution >= 4 is 11.8 Å². The molecule has 0 aromatic heterocycles. The van der Waals surface area contributed by atoms with E-state index in [0.29, 0.717) is 6.04 Å². The number of hydrogen-bond acceptors (Lipinski definition) is 2. The van der Waals surface area contributed by atoms with Gasteiger partial charge in [-0.25, -0.2) is 0 Å². The summed E-state index contributed by atoms with van der Waals surface area (Å²) >= 11 is 2.23. The van der Waals surface area contributed by atoms with Crippen molar-refractivity contribution in [3.8, 4) is 0 Å². The van der Waals surface area contributed by atoms with Crippen LogP contribution in [0.25, 0.3) is 0 Å². The monoisotopic (exact) mass is 267 g/mol. The van der Waals surface area contributed by atoms with Crippen molar-refractivity contribution in [3.63, 3.8) is 0 Å². The van der Waals surface area contributed by atoms with E-state index in [1.54, 1.807) is 5.57 Å². The smallest absolute Gasteiger partial charge is 0.0370 e. The Morgan fingerprint density at radius 3 is 2.78 bits per heavy atom. The zero-order valence-electron chi connectivity index (χ0n) is 11.9. The van der Waals surface area contributed by atoms with Gasteiger partial charge in [0, 0.05) is 17.0 Å². The molecule has 1 unspecified atom stereocenters. The highest BCUT2D eigenvalue weighted by molar-refractivity contribution is 7.99. The molecule has 2 aliphatic rings. The van der Waals surface area contributed by atoms with E-state index in [-0.39, 0.29) is 0 Å². The van der Waals surface area contributed by atoms with Crippen LogP contribution in [0.5, 0.6) is 0 Å². The van der Waals surface area contributed by atoms with Gasteiger partial charge in [0.2, 0.25) is 0 Å². The summed E-state index contributed by atoms with van der Waals surface area (Å²) in [6.07, 6.45) is 15.1. The first-order valence-electron chi connectivity index (χ1n) is 7.94. The number of hydrogen-bond donors (Lipinski definition) is 1. The van der Waals surface area contributed by atoms with Crippen molar-refractivity contribution < 1.29 is 0 Å². The maximum atomic E-state index is 3.77. The highest BCUT2D eigenvalue weighted by Crippen LogP contribution is 2.31. The minimum atomic E-state index is 0.663. The Labute approximate surface area is 117 Å². The fourth-order valence-electron chi connectivity index (χ4n) is 3.08. The lowest BCUT2D eigenvalue weighted by molar-refractivity contribution is 0.562. The zero-order valence-corrected chi connectivity index (χ0v) is 12.7. The molecule has 0 amide bonds. The van der Waals surface area contributed by atoms with Crippen molar-refractivity contribution in [2.24, 2.45) is 0 Å². The van der Waals surface area contributed by atoms with E-state index in [2.05, 4.69) is 30.1 Å². The SMILES string of the molecule is CCCNC(CSC1CCCC1)C1=CCCCC1. The Kier molecular flexibility index (Phi) is 6.64. The maximum Gasteiger partial charge on any atom is 0.0370 e. The van der Waals surface area contributed by atoms with E-state index in [0.717, 1.165) is 5.25 Å². The standard InChI is InChI=1S/C16H29NS/c1-2-12-17-16(14-8-4-3-5-9-14)13-18-15-10-6-7-11-15/h8,15-17H,2-7,9-13H2,1H3. The zero-order chi connectivity index (χ0) is 12.6. The highest BCUT2D eigenvalue weighted by atomic mass is 32.2. The van der Waals surface area contributed by atoms with E-state index in [4.69, 9.17) is 0 Å². The second-order valence-corrected chi connectivity index (χ2v) is 7.10. The van der Waals surface area contributed by atoms with Crippen molar-refractivity contribution in [2.45, 2.75) is 76.0 Å². The Balaban J connectivity index is 1.81. The highest BCUT2D eigenvalue weighted by Gasteiger charge is 2.20. The number of allylic oxidation sites excluding steroid dienone is 1. The van der Waals surface area contributed by atoms with Gasteiger partial charge < -0.3 is 5.32 Å². The summed E-state index contributed by atoms with van der Waals surface area (Å²) in [6.45, 7) is 3.44. The molecule has 0 aromatic rings. The summed E-state index contributed by atoms with van der Waals surface area (Å²) in [4.78, 5) is 0. The Bertz CT molecular complexity index is 256. The maximum absolute atomic E-state index is 3.77. The largest absolute Gasteiger partial charge is 0.310 e. The van der Waals surface area contributed by atoms with Crippen molar-refractivity contribution in [1.29, 1.82) is 0 Å². The van der Waals surface area contributed by atoms with Gasteiger partial charge in [-0.1, -0.05) is 31.4 Å². The third-order valence-electron chi connectivity index (χ3n) is 4.22. The molecule has 1 N–H and O–H groups in total. The lowest BCUT2D eigenvalue weighted by Gasteiger charge is -2.25. The predicted octanol–water partition coefficient (Wildman–Crippen LogP) is 4.53. The van der Waals surface area contributed by atoms with Crippen LogP contribution in [-0.2, 0) is 0 Å². The van der Waals surface area contributed by atoms with Crippen LogP contribution in [-0.4, -0.2) is 23.6 Å². The predicted molar refractivity (Wildman–Crippen MR) is 83.3 cm³/mol. The van der Waals surface area contributed by atoms with E-state index in [1.165, 1.54) is 70.1 Å². The van der Waals surface area contributed by atoms with E-state index in [1.807, 2.05) is 0 Å². The van der Waals surface area contributed by atoms with Gasteiger partial charge in [-0.15, -0.1) is 0 Å². The van der Waals surface area contributed by atoms with Gasteiger partial charge in [0.1, 0.15) is 0 Å². The van der Waals surface area contributed by atoms with Gasteiger partial charge in [-0.3, -0.25) is 0 Å². The molecular weight excluding hydrogens is 238 g/mol. The fraction of sp³-hybridized carbons (Fsp3) is 0.875. The van der Waals surface area contributed by atoms with Crippen LogP contribution < -0.4 is 5.32 Å². The van der Waals surface area contributed by atoms with Crippen LogP contribution in [0, 0.1) is 0 Å². The average molecular weight is 267 g/mol. The lowest BCUT2D eigenvalue weighted by Crippen LogP contribution is -2.35. The normalized spacial score (nSPS) is 23.1. The molecule has 0 aromatic carbocycles. The first-order chi connectivity index (χ1) is 8.90. The van der Waals surface area contributed by atoms with Crippen LogP contribution in [0.15, 0.2) is 11.6 Å². The van der Waals surface area contributed by atoms with E-state index >= 15 is 0 Å². The van der Waals surface area contributed by atoms with E-state index < -0.39 is 0 Å². The molecule has 1 fully saturated rings. The molecule has 0 spiro atoms. The van der Waals surface area contributed by atoms with Crippen LogP contribution in [0.3, 0.4) is 0 Å². The van der Waals surface area contributed by atoms with Gasteiger partial charge in [-0.05, 0) is 51.5 Å². The van der Waals surface area contributed by atoms with E-state index in [9.17, 15) is 0 Å². The molecule has 1 atom stereocenters. The third-order valence-corrected chi connectivity index (χ3v) is 5.68. The van der Waals surface area contributed by atoms with Gasteiger partial charge in [0.05, 0.1) is 0 Å².